The van der Waals surface area contributed by atoms with Crippen molar-refractivity contribution < 1.29 is 9.90 Å². The number of nitrogens with zero attached hydrogens (tertiary/aromatic N) is 1. The van der Waals surface area contributed by atoms with Crippen molar-refractivity contribution in [2.24, 2.45) is 10.8 Å². The Balaban J connectivity index is 2.55. The summed E-state index contributed by atoms with van der Waals surface area (Å²) in [7, 11) is 0. The van der Waals surface area contributed by atoms with E-state index in [0.29, 0.717) is 6.54 Å². The first-order chi connectivity index (χ1) is 6.27. The van der Waals surface area contributed by atoms with Gasteiger partial charge in [0.15, 0.2) is 0 Å². The number of hydrogen-bond donors (Lipinski definition) is 1. The Hall–Kier alpha value is -0.410. The fourth-order valence-corrected chi connectivity index (χ4v) is 1.97. The van der Waals surface area contributed by atoms with Crippen LogP contribution >= 0.6 is 0 Å². The van der Waals surface area contributed by atoms with Crippen molar-refractivity contribution in [3.63, 3.8) is 0 Å². The Bertz CT molecular complexity index is 223. The van der Waals surface area contributed by atoms with Crippen LogP contribution in [0.3, 0.4) is 0 Å². The molecule has 1 aliphatic heterocycles. The van der Waals surface area contributed by atoms with Gasteiger partial charge in [0.05, 0.1) is 6.10 Å². The molecule has 1 unspecified atom stereocenters. The maximum atomic E-state index is 10.8. The maximum Gasteiger partial charge on any atom is 0.126 e. The lowest BCUT2D eigenvalue weighted by Crippen LogP contribution is -2.34. The number of β-amino-alcohol motifs (C(OH)–C–C–N with tert-alkyl or cyclic N) is 1. The molecule has 1 saturated heterocycles. The fraction of sp³-hybridized carbons (Fsp3) is 0.909. The summed E-state index contributed by atoms with van der Waals surface area (Å²) in [6.07, 6.45) is 0.718. The second-order valence-corrected chi connectivity index (χ2v) is 5.78. The van der Waals surface area contributed by atoms with Gasteiger partial charge in [-0.1, -0.05) is 27.7 Å². The molecule has 1 atom stereocenters. The summed E-state index contributed by atoms with van der Waals surface area (Å²) in [5.41, 5.74) is -0.348. The molecule has 0 radical (unpaired) electrons. The summed E-state index contributed by atoms with van der Waals surface area (Å²) < 4.78 is 0. The third-order valence-electron chi connectivity index (χ3n) is 2.91. The SMILES string of the molecule is CC(C)(C=O)CN1CC(O)C(C)(C)C1. The average molecular weight is 199 g/mol. The number of carbonyl (C=O) groups is 1. The Morgan fingerprint density at radius 3 is 2.50 bits per heavy atom. The summed E-state index contributed by atoms with van der Waals surface area (Å²) >= 11 is 0. The predicted molar refractivity (Wildman–Crippen MR) is 56.1 cm³/mol. The van der Waals surface area contributed by atoms with Crippen molar-refractivity contribution in [2.45, 2.75) is 33.8 Å². The van der Waals surface area contributed by atoms with Crippen LogP contribution in [0.15, 0.2) is 0 Å². The zero-order valence-corrected chi connectivity index (χ0v) is 9.58. The normalized spacial score (nSPS) is 27.9. The van der Waals surface area contributed by atoms with E-state index >= 15 is 0 Å². The molecule has 0 aliphatic carbocycles. The smallest absolute Gasteiger partial charge is 0.126 e. The molecule has 0 saturated carbocycles. The van der Waals surface area contributed by atoms with E-state index in [1.54, 1.807) is 0 Å². The second kappa shape index (κ2) is 3.63. The number of aliphatic hydroxyl groups excluding tert-OH is 1. The largest absolute Gasteiger partial charge is 0.391 e. The molecule has 0 aromatic rings. The van der Waals surface area contributed by atoms with Gasteiger partial charge in [0.25, 0.3) is 0 Å². The molecule has 3 nitrogen and oxygen atoms in total. The van der Waals surface area contributed by atoms with Crippen LogP contribution in [0.5, 0.6) is 0 Å². The van der Waals surface area contributed by atoms with Crippen LogP contribution in [0, 0.1) is 10.8 Å². The lowest BCUT2D eigenvalue weighted by atomic mass is 9.90. The van der Waals surface area contributed by atoms with Crippen molar-refractivity contribution in [3.8, 4) is 0 Å². The molecule has 0 amide bonds. The van der Waals surface area contributed by atoms with E-state index in [1.807, 2.05) is 13.8 Å². The molecule has 1 fully saturated rings. The average Bonchev–Trinajstić information content (AvgIpc) is 2.24. The van der Waals surface area contributed by atoms with E-state index in [-0.39, 0.29) is 16.9 Å². The van der Waals surface area contributed by atoms with Gasteiger partial charge in [-0.05, 0) is 0 Å². The van der Waals surface area contributed by atoms with Crippen LogP contribution < -0.4 is 0 Å². The molecule has 1 rings (SSSR count). The van der Waals surface area contributed by atoms with E-state index in [9.17, 15) is 9.90 Å². The first-order valence-electron chi connectivity index (χ1n) is 5.14. The van der Waals surface area contributed by atoms with Crippen molar-refractivity contribution >= 4 is 6.29 Å². The molecule has 14 heavy (non-hydrogen) atoms. The minimum Gasteiger partial charge on any atom is -0.391 e. The highest BCUT2D eigenvalue weighted by Gasteiger charge is 2.39. The molecular weight excluding hydrogens is 178 g/mol. The predicted octanol–water partition coefficient (Wildman–Crippen LogP) is 0.914. The van der Waals surface area contributed by atoms with Crippen LogP contribution in [0.2, 0.25) is 0 Å². The number of carbonyl (C=O) groups excluding carboxylic acids is 1. The van der Waals surface area contributed by atoms with Gasteiger partial charge in [0.1, 0.15) is 6.29 Å². The summed E-state index contributed by atoms with van der Waals surface area (Å²) in [5, 5.41) is 9.77. The van der Waals surface area contributed by atoms with E-state index < -0.39 is 0 Å². The third-order valence-corrected chi connectivity index (χ3v) is 2.91. The monoisotopic (exact) mass is 199 g/mol. The summed E-state index contributed by atoms with van der Waals surface area (Å²) in [6, 6.07) is 0. The highest BCUT2D eigenvalue weighted by Crippen LogP contribution is 2.31. The fourth-order valence-electron chi connectivity index (χ4n) is 1.97. The van der Waals surface area contributed by atoms with Gasteiger partial charge in [0.2, 0.25) is 0 Å². The summed E-state index contributed by atoms with van der Waals surface area (Å²) in [5.74, 6) is 0. The van der Waals surface area contributed by atoms with Crippen LogP contribution in [0.25, 0.3) is 0 Å². The zero-order chi connectivity index (χ0) is 11.0. The number of likely N-dealkylation sites (tertiary alicyclic amines) is 1. The minimum absolute atomic E-state index is 0.0427. The van der Waals surface area contributed by atoms with Crippen molar-refractivity contribution in [2.75, 3.05) is 19.6 Å². The topological polar surface area (TPSA) is 40.5 Å². The molecule has 3 heteroatoms. The van der Waals surface area contributed by atoms with Crippen molar-refractivity contribution in [1.29, 1.82) is 0 Å². The standard InChI is InChI=1S/C11H21NO2/c1-10(2,8-13)6-12-5-9(14)11(3,4)7-12/h8-9,14H,5-7H2,1-4H3. The Kier molecular flexibility index (Phi) is 3.02. The van der Waals surface area contributed by atoms with Gasteiger partial charge in [-0.15, -0.1) is 0 Å². The number of hydrogen-bond acceptors (Lipinski definition) is 3. The van der Waals surface area contributed by atoms with Crippen LogP contribution in [0.1, 0.15) is 27.7 Å². The van der Waals surface area contributed by atoms with Gasteiger partial charge < -0.3 is 9.90 Å². The van der Waals surface area contributed by atoms with E-state index in [1.165, 1.54) is 0 Å². The zero-order valence-electron chi connectivity index (χ0n) is 9.58. The third kappa shape index (κ3) is 2.55. The molecule has 1 aliphatic rings. The van der Waals surface area contributed by atoms with Crippen LogP contribution in [-0.4, -0.2) is 42.0 Å². The number of aliphatic hydroxyl groups is 1. The maximum absolute atomic E-state index is 10.8. The molecule has 0 bridgehead atoms. The van der Waals surface area contributed by atoms with Gasteiger partial charge in [-0.3, -0.25) is 4.90 Å². The highest BCUT2D eigenvalue weighted by atomic mass is 16.3. The van der Waals surface area contributed by atoms with Crippen molar-refractivity contribution in [3.05, 3.63) is 0 Å². The van der Waals surface area contributed by atoms with Gasteiger partial charge in [-0.2, -0.15) is 0 Å². The molecule has 0 spiro atoms. The van der Waals surface area contributed by atoms with E-state index in [2.05, 4.69) is 18.7 Å². The molecule has 1 N–H and O–H groups in total. The Morgan fingerprint density at radius 2 is 2.14 bits per heavy atom. The van der Waals surface area contributed by atoms with Gasteiger partial charge in [0, 0.05) is 30.5 Å². The second-order valence-electron chi connectivity index (χ2n) is 5.78. The number of aldehydes is 1. The molecule has 0 aromatic heterocycles. The Morgan fingerprint density at radius 1 is 1.57 bits per heavy atom. The van der Waals surface area contributed by atoms with Crippen LogP contribution in [-0.2, 0) is 4.79 Å². The first kappa shape index (κ1) is 11.7. The number of rotatable bonds is 3. The lowest BCUT2D eigenvalue weighted by molar-refractivity contribution is -0.115. The van der Waals surface area contributed by atoms with Gasteiger partial charge >= 0.3 is 0 Å². The Labute approximate surface area is 86.1 Å². The highest BCUT2D eigenvalue weighted by molar-refractivity contribution is 5.58. The van der Waals surface area contributed by atoms with Crippen LogP contribution in [0.4, 0.5) is 0 Å². The quantitative estimate of drug-likeness (QED) is 0.687. The van der Waals surface area contributed by atoms with Gasteiger partial charge in [-0.25, -0.2) is 0 Å². The summed E-state index contributed by atoms with van der Waals surface area (Å²) in [4.78, 5) is 12.9. The minimum atomic E-state index is -0.305. The lowest BCUT2D eigenvalue weighted by Gasteiger charge is -2.26. The summed E-state index contributed by atoms with van der Waals surface area (Å²) in [6.45, 7) is 10.3. The molecule has 0 aromatic carbocycles. The van der Waals surface area contributed by atoms with E-state index in [0.717, 1.165) is 19.4 Å². The molecule has 1 heterocycles. The molecular formula is C11H21NO2. The van der Waals surface area contributed by atoms with E-state index in [4.69, 9.17) is 0 Å². The molecule has 82 valence electrons. The first-order valence-corrected chi connectivity index (χ1v) is 5.14. The van der Waals surface area contributed by atoms with Crippen molar-refractivity contribution in [1.82, 2.24) is 4.90 Å².